The van der Waals surface area contributed by atoms with Crippen LogP contribution in [-0.2, 0) is 16.4 Å². The van der Waals surface area contributed by atoms with Crippen LogP contribution in [0.2, 0.25) is 0 Å². The molecule has 3 rings (SSSR count). The molecule has 0 aliphatic rings. The minimum absolute atomic E-state index is 0.0649. The number of hydrogen-bond acceptors (Lipinski definition) is 6. The van der Waals surface area contributed by atoms with E-state index in [1.807, 2.05) is 0 Å². The summed E-state index contributed by atoms with van der Waals surface area (Å²) in [4.78, 5) is 16.9. The molecular weight excluding hydrogens is 380 g/mol. The Balaban J connectivity index is 1.71. The Labute approximate surface area is 162 Å². The van der Waals surface area contributed by atoms with Gasteiger partial charge in [0.05, 0.1) is 17.7 Å². The van der Waals surface area contributed by atoms with Gasteiger partial charge in [-0.15, -0.1) is 0 Å². The molecule has 146 valence electrons. The Morgan fingerprint density at radius 2 is 1.93 bits per heavy atom. The summed E-state index contributed by atoms with van der Waals surface area (Å²) < 4.78 is 29.2. The van der Waals surface area contributed by atoms with E-state index in [9.17, 15) is 13.2 Å². The van der Waals surface area contributed by atoms with Crippen LogP contribution < -0.4 is 20.8 Å². The molecule has 0 saturated heterocycles. The third-order valence-corrected chi connectivity index (χ3v) is 5.06. The lowest BCUT2D eigenvalue weighted by atomic mass is 10.1. The fourth-order valence-corrected chi connectivity index (χ4v) is 3.18. The minimum atomic E-state index is -3.70. The van der Waals surface area contributed by atoms with Gasteiger partial charge in [0.25, 0.3) is 5.56 Å². The molecule has 0 amide bonds. The first-order valence-corrected chi connectivity index (χ1v) is 10.0. The summed E-state index contributed by atoms with van der Waals surface area (Å²) in [6, 6.07) is 13.5. The monoisotopic (exact) mass is 400 g/mol. The maximum atomic E-state index is 12.7. The van der Waals surface area contributed by atoms with Crippen LogP contribution in [0.5, 0.6) is 5.75 Å². The fraction of sp³-hybridized carbons (Fsp3) is 0.158. The summed E-state index contributed by atoms with van der Waals surface area (Å²) in [5.74, 6) is 0.880. The van der Waals surface area contributed by atoms with E-state index in [0.29, 0.717) is 24.4 Å². The number of nitrogens with zero attached hydrogens (tertiary/aromatic N) is 2. The second-order valence-electron chi connectivity index (χ2n) is 6.02. The number of hydrogen-bond donors (Lipinski definition) is 2. The number of aromatic nitrogens is 2. The standard InChI is InChI=1S/C19H20N4O4S/c1-27-16-4-2-3-15(13-16)23-12-11-22-18(19(23)24)21-10-9-14-5-7-17(8-6-14)28(20,25)26/h2-8,11-13H,9-10H2,1H3,(H,21,22)(H2,20,25,26). The van der Waals surface area contributed by atoms with Gasteiger partial charge < -0.3 is 10.1 Å². The van der Waals surface area contributed by atoms with Crippen LogP contribution in [-0.4, -0.2) is 31.6 Å². The quantitative estimate of drug-likeness (QED) is 0.621. The summed E-state index contributed by atoms with van der Waals surface area (Å²) in [7, 11) is -2.14. The molecule has 3 aromatic rings. The maximum absolute atomic E-state index is 12.7. The van der Waals surface area contributed by atoms with E-state index in [4.69, 9.17) is 9.88 Å². The number of ether oxygens (including phenoxy) is 1. The van der Waals surface area contributed by atoms with Crippen molar-refractivity contribution in [2.24, 2.45) is 5.14 Å². The van der Waals surface area contributed by atoms with Crippen molar-refractivity contribution in [2.75, 3.05) is 19.0 Å². The van der Waals surface area contributed by atoms with Crippen LogP contribution in [0.3, 0.4) is 0 Å². The molecule has 3 N–H and O–H groups in total. The maximum Gasteiger partial charge on any atom is 0.297 e. The van der Waals surface area contributed by atoms with Gasteiger partial charge in [-0.25, -0.2) is 18.5 Å². The Morgan fingerprint density at radius 3 is 2.61 bits per heavy atom. The van der Waals surface area contributed by atoms with E-state index in [1.54, 1.807) is 55.9 Å². The Hall–Kier alpha value is -3.17. The molecule has 0 atom stereocenters. The minimum Gasteiger partial charge on any atom is -0.497 e. The summed E-state index contributed by atoms with van der Waals surface area (Å²) in [5, 5.41) is 8.11. The summed E-state index contributed by atoms with van der Waals surface area (Å²) in [6.45, 7) is 0.457. The topological polar surface area (TPSA) is 116 Å². The van der Waals surface area contributed by atoms with E-state index in [2.05, 4.69) is 10.3 Å². The number of nitrogens with one attached hydrogen (secondary N) is 1. The molecule has 0 spiro atoms. The number of nitrogens with two attached hydrogens (primary N) is 1. The van der Waals surface area contributed by atoms with Crippen molar-refractivity contribution >= 4 is 15.8 Å². The van der Waals surface area contributed by atoms with Gasteiger partial charge >= 0.3 is 0 Å². The van der Waals surface area contributed by atoms with E-state index >= 15 is 0 Å². The van der Waals surface area contributed by atoms with Gasteiger partial charge in [0.2, 0.25) is 10.0 Å². The van der Waals surface area contributed by atoms with E-state index in [0.717, 1.165) is 5.56 Å². The number of benzene rings is 2. The van der Waals surface area contributed by atoms with Gasteiger partial charge in [-0.3, -0.25) is 9.36 Å². The van der Waals surface area contributed by atoms with Crippen molar-refractivity contribution in [2.45, 2.75) is 11.3 Å². The molecule has 1 aromatic heterocycles. The molecule has 0 bridgehead atoms. The van der Waals surface area contributed by atoms with Gasteiger partial charge in [-0.1, -0.05) is 18.2 Å². The molecule has 1 heterocycles. The Bertz CT molecular complexity index is 1130. The first-order chi connectivity index (χ1) is 13.4. The lowest BCUT2D eigenvalue weighted by Crippen LogP contribution is -2.24. The molecule has 0 aliphatic heterocycles. The van der Waals surface area contributed by atoms with Gasteiger partial charge in [-0.05, 0) is 36.2 Å². The summed E-state index contributed by atoms with van der Waals surface area (Å²) >= 11 is 0. The second-order valence-corrected chi connectivity index (χ2v) is 7.58. The van der Waals surface area contributed by atoms with Gasteiger partial charge in [0, 0.05) is 25.0 Å². The highest BCUT2D eigenvalue weighted by Gasteiger charge is 2.08. The fourth-order valence-electron chi connectivity index (χ4n) is 2.67. The lowest BCUT2D eigenvalue weighted by molar-refractivity contribution is 0.414. The number of rotatable bonds is 7. The largest absolute Gasteiger partial charge is 0.497 e. The molecule has 28 heavy (non-hydrogen) atoms. The molecule has 0 unspecified atom stereocenters. The highest BCUT2D eigenvalue weighted by atomic mass is 32.2. The number of methoxy groups -OCH3 is 1. The summed E-state index contributed by atoms with van der Waals surface area (Å²) in [6.07, 6.45) is 3.72. The van der Waals surface area contributed by atoms with E-state index in [-0.39, 0.29) is 16.3 Å². The van der Waals surface area contributed by atoms with Crippen LogP contribution >= 0.6 is 0 Å². The molecule has 8 nitrogen and oxygen atoms in total. The number of anilines is 1. The average Bonchev–Trinajstić information content (AvgIpc) is 2.69. The second kappa shape index (κ2) is 8.24. The van der Waals surface area contributed by atoms with Crippen LogP contribution in [0.25, 0.3) is 5.69 Å². The third-order valence-electron chi connectivity index (χ3n) is 4.13. The zero-order valence-electron chi connectivity index (χ0n) is 15.2. The predicted molar refractivity (Wildman–Crippen MR) is 106 cm³/mol. The van der Waals surface area contributed by atoms with Crippen LogP contribution in [0.4, 0.5) is 5.82 Å². The molecular formula is C19H20N4O4S. The van der Waals surface area contributed by atoms with Crippen molar-refractivity contribution in [3.8, 4) is 11.4 Å². The highest BCUT2D eigenvalue weighted by molar-refractivity contribution is 7.89. The Kier molecular flexibility index (Phi) is 5.76. The van der Waals surface area contributed by atoms with Crippen molar-refractivity contribution in [3.05, 3.63) is 76.8 Å². The van der Waals surface area contributed by atoms with Crippen molar-refractivity contribution < 1.29 is 13.2 Å². The van der Waals surface area contributed by atoms with Gasteiger partial charge in [0.15, 0.2) is 5.82 Å². The van der Waals surface area contributed by atoms with Crippen LogP contribution in [0.1, 0.15) is 5.56 Å². The molecule has 0 saturated carbocycles. The van der Waals surface area contributed by atoms with Crippen molar-refractivity contribution in [3.63, 3.8) is 0 Å². The average molecular weight is 400 g/mol. The smallest absolute Gasteiger partial charge is 0.297 e. The predicted octanol–water partition coefficient (Wildman–Crippen LogP) is 1.54. The molecule has 2 aromatic carbocycles. The number of sulfonamides is 1. The van der Waals surface area contributed by atoms with Crippen LogP contribution in [0, 0.1) is 0 Å². The Morgan fingerprint density at radius 1 is 1.18 bits per heavy atom. The van der Waals surface area contributed by atoms with Crippen LogP contribution in [0.15, 0.2) is 70.6 Å². The molecule has 0 radical (unpaired) electrons. The third kappa shape index (κ3) is 4.56. The van der Waals surface area contributed by atoms with Gasteiger partial charge in [0.1, 0.15) is 5.75 Å². The first kappa shape index (κ1) is 19.6. The summed E-state index contributed by atoms with van der Waals surface area (Å²) in [5.41, 5.74) is 1.30. The zero-order chi connectivity index (χ0) is 20.1. The first-order valence-electron chi connectivity index (χ1n) is 8.46. The van der Waals surface area contributed by atoms with Gasteiger partial charge in [-0.2, -0.15) is 0 Å². The van der Waals surface area contributed by atoms with E-state index in [1.165, 1.54) is 16.7 Å². The van der Waals surface area contributed by atoms with Crippen molar-refractivity contribution in [1.82, 2.24) is 9.55 Å². The molecule has 9 heteroatoms. The van der Waals surface area contributed by atoms with E-state index < -0.39 is 10.0 Å². The zero-order valence-corrected chi connectivity index (χ0v) is 16.0. The lowest BCUT2D eigenvalue weighted by Gasteiger charge is -2.10. The normalized spacial score (nSPS) is 11.2. The molecule has 0 fully saturated rings. The van der Waals surface area contributed by atoms with Crippen molar-refractivity contribution in [1.29, 1.82) is 0 Å². The SMILES string of the molecule is COc1cccc(-n2ccnc(NCCc3ccc(S(N)(=O)=O)cc3)c2=O)c1. The highest BCUT2D eigenvalue weighted by Crippen LogP contribution is 2.15. The molecule has 0 aliphatic carbocycles. The number of primary sulfonamides is 1.